The molecule has 1 saturated heterocycles. The summed E-state index contributed by atoms with van der Waals surface area (Å²) < 4.78 is 39.3. The summed E-state index contributed by atoms with van der Waals surface area (Å²) >= 11 is 0. The molecule has 1 aliphatic heterocycles. The number of anilines is 1. The van der Waals surface area contributed by atoms with Crippen molar-refractivity contribution in [1.29, 1.82) is 0 Å². The monoisotopic (exact) mass is 288 g/mol. The minimum atomic E-state index is -4.37. The van der Waals surface area contributed by atoms with E-state index < -0.39 is 17.3 Å². The van der Waals surface area contributed by atoms with Gasteiger partial charge in [-0.1, -0.05) is 6.07 Å². The van der Waals surface area contributed by atoms with Crippen molar-refractivity contribution in [3.63, 3.8) is 0 Å². The maximum atomic E-state index is 13.1. The van der Waals surface area contributed by atoms with E-state index in [-0.39, 0.29) is 12.1 Å². The second-order valence-electron chi connectivity index (χ2n) is 5.54. The molecule has 1 aromatic carbocycles. The lowest BCUT2D eigenvalue weighted by Crippen LogP contribution is -2.29. The molecule has 112 valence electrons. The number of nitrogens with one attached hydrogen (secondary N) is 1. The molecular weight excluding hydrogens is 269 g/mol. The molecule has 0 saturated carbocycles. The summed E-state index contributed by atoms with van der Waals surface area (Å²) in [4.78, 5) is 1.79. The zero-order chi connectivity index (χ0) is 15.0. The third-order valence-corrected chi connectivity index (χ3v) is 3.58. The van der Waals surface area contributed by atoms with E-state index in [0.717, 1.165) is 0 Å². The Balaban J connectivity index is 2.33. The maximum absolute atomic E-state index is 13.1. The number of hydrogen-bond acceptors (Lipinski definition) is 3. The average molecular weight is 288 g/mol. The Morgan fingerprint density at radius 3 is 2.60 bits per heavy atom. The molecule has 3 nitrogen and oxygen atoms in total. The Kier molecular flexibility index (Phi) is 3.97. The number of alkyl halides is 3. The van der Waals surface area contributed by atoms with Crippen molar-refractivity contribution in [2.24, 2.45) is 0 Å². The first kappa shape index (κ1) is 15.1. The zero-order valence-electron chi connectivity index (χ0n) is 11.6. The van der Waals surface area contributed by atoms with Gasteiger partial charge >= 0.3 is 6.18 Å². The van der Waals surface area contributed by atoms with Gasteiger partial charge in [-0.25, -0.2) is 0 Å². The SMILES string of the molecule is CNCc1ccc(N2CCC(C)(O)C2)cc1C(F)(F)F. The summed E-state index contributed by atoms with van der Waals surface area (Å²) in [5.41, 5.74) is -0.706. The van der Waals surface area contributed by atoms with Crippen LogP contribution in [0.4, 0.5) is 18.9 Å². The minimum absolute atomic E-state index is 0.173. The van der Waals surface area contributed by atoms with Crippen LogP contribution in [-0.4, -0.2) is 30.8 Å². The predicted molar refractivity (Wildman–Crippen MR) is 71.7 cm³/mol. The van der Waals surface area contributed by atoms with Gasteiger partial charge in [0.15, 0.2) is 0 Å². The predicted octanol–water partition coefficient (Wildman–Crippen LogP) is 2.39. The van der Waals surface area contributed by atoms with Crippen LogP contribution in [0.3, 0.4) is 0 Å². The lowest BCUT2D eigenvalue weighted by Gasteiger charge is -2.23. The van der Waals surface area contributed by atoms with Crippen LogP contribution in [-0.2, 0) is 12.7 Å². The summed E-state index contributed by atoms with van der Waals surface area (Å²) in [6.45, 7) is 2.80. The van der Waals surface area contributed by atoms with Gasteiger partial charge in [-0.15, -0.1) is 0 Å². The highest BCUT2D eigenvalue weighted by atomic mass is 19.4. The van der Waals surface area contributed by atoms with E-state index in [4.69, 9.17) is 0 Å². The molecule has 2 rings (SSSR count). The summed E-state index contributed by atoms with van der Waals surface area (Å²) in [6, 6.07) is 4.36. The third-order valence-electron chi connectivity index (χ3n) is 3.58. The van der Waals surface area contributed by atoms with Crippen molar-refractivity contribution < 1.29 is 18.3 Å². The van der Waals surface area contributed by atoms with Crippen LogP contribution in [0, 0.1) is 0 Å². The smallest absolute Gasteiger partial charge is 0.388 e. The van der Waals surface area contributed by atoms with Crippen molar-refractivity contribution in [1.82, 2.24) is 5.32 Å². The summed E-state index contributed by atoms with van der Waals surface area (Å²) in [5.74, 6) is 0. The first-order valence-corrected chi connectivity index (χ1v) is 6.55. The van der Waals surface area contributed by atoms with Crippen LogP contribution in [0.2, 0.25) is 0 Å². The lowest BCUT2D eigenvalue weighted by atomic mass is 10.1. The topological polar surface area (TPSA) is 35.5 Å². The summed E-state index contributed by atoms with van der Waals surface area (Å²) in [6.07, 6.45) is -3.81. The fourth-order valence-corrected chi connectivity index (χ4v) is 2.54. The first-order chi connectivity index (χ1) is 9.23. The second kappa shape index (κ2) is 5.26. The van der Waals surface area contributed by atoms with Crippen LogP contribution in [0.25, 0.3) is 0 Å². The number of aliphatic hydroxyl groups is 1. The van der Waals surface area contributed by atoms with E-state index in [1.807, 2.05) is 0 Å². The highest BCUT2D eigenvalue weighted by Crippen LogP contribution is 2.36. The van der Waals surface area contributed by atoms with Crippen LogP contribution < -0.4 is 10.2 Å². The van der Waals surface area contributed by atoms with Gasteiger partial charge in [-0.05, 0) is 38.1 Å². The van der Waals surface area contributed by atoms with Gasteiger partial charge < -0.3 is 15.3 Å². The van der Waals surface area contributed by atoms with Gasteiger partial charge in [-0.3, -0.25) is 0 Å². The highest BCUT2D eigenvalue weighted by Gasteiger charge is 2.36. The van der Waals surface area contributed by atoms with Crippen molar-refractivity contribution in [2.45, 2.75) is 31.7 Å². The fourth-order valence-electron chi connectivity index (χ4n) is 2.54. The average Bonchev–Trinajstić information content (AvgIpc) is 2.69. The van der Waals surface area contributed by atoms with Gasteiger partial charge in [0.25, 0.3) is 0 Å². The van der Waals surface area contributed by atoms with Crippen LogP contribution in [0.5, 0.6) is 0 Å². The molecule has 0 radical (unpaired) electrons. The first-order valence-electron chi connectivity index (χ1n) is 6.55. The van der Waals surface area contributed by atoms with Gasteiger partial charge in [0.2, 0.25) is 0 Å². The van der Waals surface area contributed by atoms with E-state index >= 15 is 0 Å². The van der Waals surface area contributed by atoms with E-state index in [9.17, 15) is 18.3 Å². The largest absolute Gasteiger partial charge is 0.416 e. The van der Waals surface area contributed by atoms with Gasteiger partial charge in [0.1, 0.15) is 0 Å². The van der Waals surface area contributed by atoms with Crippen molar-refractivity contribution in [3.05, 3.63) is 29.3 Å². The zero-order valence-corrected chi connectivity index (χ0v) is 11.6. The molecule has 1 heterocycles. The molecule has 2 N–H and O–H groups in total. The van der Waals surface area contributed by atoms with Crippen LogP contribution in [0.1, 0.15) is 24.5 Å². The van der Waals surface area contributed by atoms with Crippen LogP contribution in [0.15, 0.2) is 18.2 Å². The third kappa shape index (κ3) is 3.24. The Morgan fingerprint density at radius 2 is 2.10 bits per heavy atom. The van der Waals surface area contributed by atoms with E-state index in [1.165, 1.54) is 12.1 Å². The number of halogens is 3. The molecular formula is C14H19F3N2O. The number of β-amino-alcohol motifs (C(OH)–C–C–N with tert-alkyl or cyclic N) is 1. The fraction of sp³-hybridized carbons (Fsp3) is 0.571. The molecule has 6 heteroatoms. The van der Waals surface area contributed by atoms with Crippen molar-refractivity contribution >= 4 is 5.69 Å². The Bertz CT molecular complexity index is 486. The molecule has 1 aliphatic rings. The van der Waals surface area contributed by atoms with Gasteiger partial charge in [0.05, 0.1) is 11.2 Å². The number of benzene rings is 1. The Morgan fingerprint density at radius 1 is 1.40 bits per heavy atom. The van der Waals surface area contributed by atoms with Crippen LogP contribution >= 0.6 is 0 Å². The molecule has 0 spiro atoms. The maximum Gasteiger partial charge on any atom is 0.416 e. The lowest BCUT2D eigenvalue weighted by molar-refractivity contribution is -0.138. The summed E-state index contributed by atoms with van der Waals surface area (Å²) in [5, 5.41) is 12.7. The molecule has 0 aromatic heterocycles. The number of nitrogens with zero attached hydrogens (tertiary/aromatic N) is 1. The normalized spacial score (nSPS) is 23.4. The Labute approximate surface area is 116 Å². The molecule has 1 aromatic rings. The van der Waals surface area contributed by atoms with E-state index in [0.29, 0.717) is 25.2 Å². The number of rotatable bonds is 3. The van der Waals surface area contributed by atoms with Crippen molar-refractivity contribution in [2.75, 3.05) is 25.0 Å². The minimum Gasteiger partial charge on any atom is -0.388 e. The molecule has 0 aliphatic carbocycles. The standard InChI is InChI=1S/C14H19F3N2O/c1-13(20)5-6-19(9-13)11-4-3-10(8-18-2)12(7-11)14(15,16)17/h3-4,7,18,20H,5-6,8-9H2,1-2H3. The van der Waals surface area contributed by atoms with Crippen molar-refractivity contribution in [3.8, 4) is 0 Å². The molecule has 0 bridgehead atoms. The molecule has 1 fully saturated rings. The van der Waals surface area contributed by atoms with Gasteiger partial charge in [0, 0.05) is 25.3 Å². The second-order valence-corrected chi connectivity index (χ2v) is 5.54. The quantitative estimate of drug-likeness (QED) is 0.896. The molecule has 1 unspecified atom stereocenters. The molecule has 20 heavy (non-hydrogen) atoms. The molecule has 0 amide bonds. The summed E-state index contributed by atoms with van der Waals surface area (Å²) in [7, 11) is 1.62. The van der Waals surface area contributed by atoms with Gasteiger partial charge in [-0.2, -0.15) is 13.2 Å². The molecule has 1 atom stereocenters. The Hall–Kier alpha value is -1.27. The highest BCUT2D eigenvalue weighted by molar-refractivity contribution is 5.53. The van der Waals surface area contributed by atoms with E-state index in [2.05, 4.69) is 5.32 Å². The van der Waals surface area contributed by atoms with E-state index in [1.54, 1.807) is 24.9 Å². The number of hydrogen-bond donors (Lipinski definition) is 2.